The summed E-state index contributed by atoms with van der Waals surface area (Å²) in [4.78, 5) is 6.54. The van der Waals surface area contributed by atoms with E-state index in [1.807, 2.05) is 68.7 Å². The summed E-state index contributed by atoms with van der Waals surface area (Å²) in [5.74, 6) is 0.550. The van der Waals surface area contributed by atoms with Gasteiger partial charge in [-0.15, -0.1) is 0 Å². The fraction of sp³-hybridized carbons (Fsp3) is 0.143. The number of halogens is 2. The third-order valence-electron chi connectivity index (χ3n) is 5.31. The van der Waals surface area contributed by atoms with Crippen LogP contribution in [-0.4, -0.2) is 7.28 Å². The Balaban J connectivity index is 1.75. The maximum atomic E-state index is 15.0. The molecule has 1 radical (unpaired) electrons. The Morgan fingerprint density at radius 1 is 1.19 bits per heavy atom. The second-order valence-corrected chi connectivity index (χ2v) is 7.22. The number of hydrogen-bond acceptors (Lipinski definition) is 1. The van der Waals surface area contributed by atoms with Crippen molar-refractivity contribution in [2.24, 2.45) is 0 Å². The maximum absolute atomic E-state index is 15.0. The number of hydrogen-bond donors (Lipinski definition) is 0. The van der Waals surface area contributed by atoms with E-state index in [2.05, 4.69) is 0 Å². The number of fused-ring (bicyclic) bond motifs is 4. The van der Waals surface area contributed by atoms with Crippen molar-refractivity contribution in [1.29, 1.82) is 0 Å². The van der Waals surface area contributed by atoms with Crippen molar-refractivity contribution in [3.8, 4) is 0 Å². The first-order valence-corrected chi connectivity index (χ1v) is 9.08. The van der Waals surface area contributed by atoms with E-state index in [9.17, 15) is 0 Å². The lowest BCUT2D eigenvalue weighted by Gasteiger charge is -2.28. The van der Waals surface area contributed by atoms with E-state index in [-0.39, 0.29) is 16.3 Å². The predicted molar refractivity (Wildman–Crippen MR) is 105 cm³/mol. The van der Waals surface area contributed by atoms with Crippen molar-refractivity contribution in [2.45, 2.75) is 19.1 Å². The van der Waals surface area contributed by atoms with Crippen molar-refractivity contribution in [3.05, 3.63) is 88.0 Å². The van der Waals surface area contributed by atoms with E-state index in [1.165, 1.54) is 0 Å². The molecule has 127 valence electrons. The quantitative estimate of drug-likeness (QED) is 0.447. The van der Waals surface area contributed by atoms with Gasteiger partial charge in [-0.3, -0.25) is 0 Å². The van der Waals surface area contributed by atoms with Crippen LogP contribution in [-0.2, 0) is 4.84 Å². The molecule has 0 saturated carbocycles. The summed E-state index contributed by atoms with van der Waals surface area (Å²) in [5.41, 5.74) is 4.25. The molecule has 2 atom stereocenters. The molecule has 5 heteroatoms. The molecule has 1 aliphatic carbocycles. The van der Waals surface area contributed by atoms with E-state index in [0.29, 0.717) is 22.8 Å². The van der Waals surface area contributed by atoms with Crippen LogP contribution in [0.15, 0.2) is 77.5 Å². The van der Waals surface area contributed by atoms with E-state index in [4.69, 9.17) is 16.4 Å². The van der Waals surface area contributed by atoms with E-state index in [1.54, 1.807) is 6.08 Å². The summed E-state index contributed by atoms with van der Waals surface area (Å²) < 4.78 is 15.1. The fourth-order valence-electron chi connectivity index (χ4n) is 4.10. The standard InChI is InChI=1S/C21H16BClFNO/c1-22-14-11-17(24)21-19-10-13-9-15(23)7-8-18(13)25(19,26-20(21)12-14)16-5-3-2-4-6-16/h2-11,14H,12H2,1H3/q+1. The van der Waals surface area contributed by atoms with Gasteiger partial charge in [0.15, 0.2) is 22.8 Å². The van der Waals surface area contributed by atoms with Crippen molar-refractivity contribution in [3.63, 3.8) is 0 Å². The average molecular weight is 364 g/mol. The van der Waals surface area contributed by atoms with Crippen molar-refractivity contribution >= 4 is 36.3 Å². The normalized spacial score (nSPS) is 25.7. The molecule has 0 fully saturated rings. The summed E-state index contributed by atoms with van der Waals surface area (Å²) in [6.45, 7) is 1.95. The molecule has 0 bridgehead atoms. The molecule has 0 saturated heterocycles. The first kappa shape index (κ1) is 15.9. The number of quaternary nitrogens is 1. The van der Waals surface area contributed by atoms with E-state index >= 15 is 4.39 Å². The lowest BCUT2D eigenvalue weighted by Crippen LogP contribution is -2.37. The maximum Gasteiger partial charge on any atom is 0.200 e. The van der Waals surface area contributed by atoms with Crippen molar-refractivity contribution in [2.75, 3.05) is 0 Å². The van der Waals surface area contributed by atoms with E-state index in [0.717, 1.165) is 22.6 Å². The summed E-state index contributed by atoms with van der Waals surface area (Å²) in [7, 11) is 2.01. The number of allylic oxidation sites excluding steroid dienone is 3. The molecular weight excluding hydrogens is 348 g/mol. The smallest absolute Gasteiger partial charge is 0.200 e. The highest BCUT2D eigenvalue weighted by molar-refractivity contribution is 6.36. The average Bonchev–Trinajstić information content (AvgIpc) is 3.13. The van der Waals surface area contributed by atoms with Crippen LogP contribution in [0, 0.1) is 0 Å². The molecule has 2 aliphatic heterocycles. The molecule has 2 aromatic rings. The van der Waals surface area contributed by atoms with Crippen LogP contribution >= 0.6 is 11.6 Å². The summed E-state index contributed by atoms with van der Waals surface area (Å²) in [6.07, 6.45) is 4.36. The minimum atomic E-state index is -0.213. The summed E-state index contributed by atoms with van der Waals surface area (Å²) in [6, 6.07) is 15.7. The zero-order chi connectivity index (χ0) is 17.9. The van der Waals surface area contributed by atoms with Crippen LogP contribution in [0.5, 0.6) is 0 Å². The van der Waals surface area contributed by atoms with Gasteiger partial charge in [0.2, 0.25) is 0 Å². The number of hydroxylamine groups is 1. The summed E-state index contributed by atoms with van der Waals surface area (Å²) in [5, 5.41) is 0.655. The molecule has 26 heavy (non-hydrogen) atoms. The molecule has 0 spiro atoms. The molecule has 0 amide bonds. The topological polar surface area (TPSA) is 9.23 Å². The van der Waals surface area contributed by atoms with Crippen LogP contribution in [0.25, 0.3) is 6.08 Å². The second kappa shape index (κ2) is 5.60. The molecule has 2 unspecified atom stereocenters. The van der Waals surface area contributed by atoms with Crippen LogP contribution < -0.4 is 4.65 Å². The highest BCUT2D eigenvalue weighted by Gasteiger charge is 2.57. The first-order chi connectivity index (χ1) is 12.6. The Bertz CT molecular complexity index is 1010. The number of benzene rings is 2. The lowest BCUT2D eigenvalue weighted by molar-refractivity contribution is -0.00822. The highest BCUT2D eigenvalue weighted by Crippen LogP contribution is 2.58. The highest BCUT2D eigenvalue weighted by atomic mass is 35.5. The van der Waals surface area contributed by atoms with Gasteiger partial charge in [0.25, 0.3) is 0 Å². The van der Waals surface area contributed by atoms with Crippen LogP contribution in [0.4, 0.5) is 15.8 Å². The molecule has 5 rings (SSSR count). The molecule has 2 nitrogen and oxygen atoms in total. The zero-order valence-corrected chi connectivity index (χ0v) is 15.0. The third kappa shape index (κ3) is 2.03. The Morgan fingerprint density at radius 2 is 2.00 bits per heavy atom. The van der Waals surface area contributed by atoms with Gasteiger partial charge in [-0.2, -0.15) is 0 Å². The van der Waals surface area contributed by atoms with Gasteiger partial charge in [0.05, 0.1) is 0 Å². The molecule has 2 heterocycles. The SMILES string of the molecule is C[B]C1C=C(F)C2=C(C1)O[N+]1(c3ccccc3)C2=Cc2cc(Cl)ccc21. The lowest BCUT2D eigenvalue weighted by atomic mass is 9.63. The Labute approximate surface area is 157 Å². The van der Waals surface area contributed by atoms with Crippen LogP contribution in [0.2, 0.25) is 17.7 Å². The van der Waals surface area contributed by atoms with Gasteiger partial charge in [0.1, 0.15) is 18.7 Å². The largest absolute Gasteiger partial charge is 0.302 e. The van der Waals surface area contributed by atoms with Gasteiger partial charge in [-0.25, -0.2) is 4.39 Å². The second-order valence-electron chi connectivity index (χ2n) is 6.78. The predicted octanol–water partition coefficient (Wildman–Crippen LogP) is 6.33. The van der Waals surface area contributed by atoms with Gasteiger partial charge >= 0.3 is 0 Å². The zero-order valence-electron chi connectivity index (χ0n) is 14.2. The first-order valence-electron chi connectivity index (χ1n) is 8.71. The van der Waals surface area contributed by atoms with Gasteiger partial charge < -0.3 is 4.84 Å². The van der Waals surface area contributed by atoms with Gasteiger partial charge in [-0.1, -0.05) is 42.7 Å². The van der Waals surface area contributed by atoms with E-state index < -0.39 is 0 Å². The molecule has 0 aromatic heterocycles. The summed E-state index contributed by atoms with van der Waals surface area (Å²) >= 11 is 6.20. The number of para-hydroxylation sites is 1. The van der Waals surface area contributed by atoms with Crippen molar-refractivity contribution < 1.29 is 9.23 Å². The number of rotatable bonds is 2. The Kier molecular flexibility index (Phi) is 3.43. The fourth-order valence-corrected chi connectivity index (χ4v) is 4.28. The monoisotopic (exact) mass is 363 g/mol. The van der Waals surface area contributed by atoms with Gasteiger partial charge in [-0.05, 0) is 22.6 Å². The van der Waals surface area contributed by atoms with Gasteiger partial charge in [0, 0.05) is 41.3 Å². The van der Waals surface area contributed by atoms with Crippen LogP contribution in [0.3, 0.4) is 0 Å². The molecule has 3 aliphatic rings. The minimum Gasteiger partial charge on any atom is -0.302 e. The Hall–Kier alpha value is -2.30. The van der Waals surface area contributed by atoms with Crippen molar-refractivity contribution in [1.82, 2.24) is 4.65 Å². The third-order valence-corrected chi connectivity index (χ3v) is 5.55. The van der Waals surface area contributed by atoms with Crippen LogP contribution in [0.1, 0.15) is 12.0 Å². The molecule has 0 N–H and O–H groups in total. The Morgan fingerprint density at radius 3 is 2.77 bits per heavy atom. The molecular formula is C21H16BClFNO+. The number of nitrogens with zero attached hydrogens (tertiary/aromatic N) is 1. The minimum absolute atomic E-state index is 0.0508. The molecule has 2 aromatic carbocycles.